The Labute approximate surface area is 109 Å². The molecule has 0 amide bonds. The fraction of sp³-hybridized carbons (Fsp3) is 1.00. The van der Waals surface area contributed by atoms with Crippen LogP contribution >= 0.6 is 0 Å². The van der Waals surface area contributed by atoms with Crippen molar-refractivity contribution in [2.24, 2.45) is 0 Å². The van der Waals surface area contributed by atoms with Gasteiger partial charge in [0.1, 0.15) is 0 Å². The molecule has 0 bridgehead atoms. The fourth-order valence-corrected chi connectivity index (χ4v) is 3.92. The van der Waals surface area contributed by atoms with Gasteiger partial charge in [0.15, 0.2) is 0 Å². The zero-order chi connectivity index (χ0) is 12.2. The van der Waals surface area contributed by atoms with E-state index in [1.807, 2.05) is 34.4 Å². The molecule has 15 heavy (non-hydrogen) atoms. The van der Waals surface area contributed by atoms with Gasteiger partial charge in [-0.3, -0.25) is 0 Å². The van der Waals surface area contributed by atoms with E-state index in [9.17, 15) is 0 Å². The second-order valence-corrected chi connectivity index (χ2v) is 5.46. The van der Waals surface area contributed by atoms with Crippen LogP contribution in [0.25, 0.3) is 0 Å². The molecule has 0 spiro atoms. The van der Waals surface area contributed by atoms with E-state index in [1.54, 1.807) is 0 Å². The van der Waals surface area contributed by atoms with Gasteiger partial charge in [0, 0.05) is 25.9 Å². The zero-order valence-electron chi connectivity index (χ0n) is 10.2. The predicted octanol–water partition coefficient (Wildman–Crippen LogP) is 1.15. The maximum atomic E-state index is 5.65. The van der Waals surface area contributed by atoms with E-state index in [-0.39, 0.29) is 0 Å². The Kier molecular flexibility index (Phi) is 16.3. The first-order valence-corrected chi connectivity index (χ1v) is 12.6. The molecule has 0 aliphatic carbocycles. The van der Waals surface area contributed by atoms with Crippen LogP contribution in [-0.4, -0.2) is 55.9 Å². The summed E-state index contributed by atoms with van der Waals surface area (Å²) in [7, 11) is -2.30. The third-order valence-corrected chi connectivity index (χ3v) is 4.95. The quantitative estimate of drug-likeness (QED) is 0.604. The molecular formula is C9H24O3Se2Si. The summed E-state index contributed by atoms with van der Waals surface area (Å²) in [6.07, 6.45) is 1.05. The van der Waals surface area contributed by atoms with Gasteiger partial charge >= 0.3 is 36.1 Å². The van der Waals surface area contributed by atoms with E-state index < -0.39 is 8.80 Å². The standard InChI is InChI=1S/C9H22O3Si.H2Se2/c1-5-9-13(10-6-2,11-7-3)12-8-4;1-2/h5-9H2,1-4H3;1H2. The SMILES string of the molecule is CCC[Si](OCC)(OCC)OCC.[Se]=[SeH2]. The van der Waals surface area contributed by atoms with E-state index in [0.29, 0.717) is 19.8 Å². The Bertz CT molecular complexity index is 109. The van der Waals surface area contributed by atoms with Crippen LogP contribution in [0.15, 0.2) is 0 Å². The number of rotatable bonds is 8. The number of hydrogen-bond acceptors (Lipinski definition) is 3. The molecule has 0 saturated heterocycles. The molecule has 0 aromatic heterocycles. The van der Waals surface area contributed by atoms with E-state index in [0.717, 1.165) is 12.5 Å². The van der Waals surface area contributed by atoms with Crippen molar-refractivity contribution >= 4 is 36.1 Å². The van der Waals surface area contributed by atoms with Gasteiger partial charge in [-0.2, -0.15) is 0 Å². The van der Waals surface area contributed by atoms with Gasteiger partial charge in [-0.25, -0.2) is 0 Å². The molecule has 0 aliphatic heterocycles. The summed E-state index contributed by atoms with van der Waals surface area (Å²) in [5.74, 6) is 0. The molecular weight excluding hydrogens is 342 g/mol. The second kappa shape index (κ2) is 13.2. The first kappa shape index (κ1) is 18.5. The maximum absolute atomic E-state index is 5.65. The summed E-state index contributed by atoms with van der Waals surface area (Å²) in [6, 6.07) is 0.919. The van der Waals surface area contributed by atoms with E-state index >= 15 is 0 Å². The van der Waals surface area contributed by atoms with Gasteiger partial charge in [0.25, 0.3) is 0 Å². The molecule has 0 saturated carbocycles. The van der Waals surface area contributed by atoms with Crippen molar-refractivity contribution in [2.75, 3.05) is 19.8 Å². The van der Waals surface area contributed by atoms with E-state index in [1.165, 1.54) is 0 Å². The van der Waals surface area contributed by atoms with Gasteiger partial charge in [0.05, 0.1) is 0 Å². The second-order valence-electron chi connectivity index (χ2n) is 2.73. The van der Waals surface area contributed by atoms with Crippen molar-refractivity contribution < 1.29 is 13.3 Å². The van der Waals surface area contributed by atoms with Crippen LogP contribution in [-0.2, 0) is 13.3 Å². The first-order valence-electron chi connectivity index (χ1n) is 5.36. The Morgan fingerprint density at radius 3 is 1.40 bits per heavy atom. The summed E-state index contributed by atoms with van der Waals surface area (Å²) in [5.41, 5.74) is 0. The summed E-state index contributed by atoms with van der Waals surface area (Å²) < 4.78 is 16.9. The third kappa shape index (κ3) is 8.89. The van der Waals surface area contributed by atoms with Gasteiger partial charge in [0.2, 0.25) is 0 Å². The first-order chi connectivity index (χ1) is 7.24. The van der Waals surface area contributed by atoms with Crippen molar-refractivity contribution in [1.82, 2.24) is 0 Å². The van der Waals surface area contributed by atoms with Crippen LogP contribution in [0.2, 0.25) is 6.04 Å². The molecule has 0 unspecified atom stereocenters. The molecule has 0 aromatic carbocycles. The van der Waals surface area contributed by atoms with Crippen LogP contribution < -0.4 is 0 Å². The molecule has 0 radical (unpaired) electrons. The zero-order valence-corrected chi connectivity index (χ0v) is 15.0. The minimum atomic E-state index is -2.30. The normalized spacial score (nSPS) is 10.7. The Morgan fingerprint density at radius 2 is 1.20 bits per heavy atom. The molecule has 94 valence electrons. The monoisotopic (exact) mass is 368 g/mol. The average Bonchev–Trinajstić information content (AvgIpc) is 2.22. The molecule has 0 heterocycles. The van der Waals surface area contributed by atoms with Crippen LogP contribution in [0.3, 0.4) is 0 Å². The van der Waals surface area contributed by atoms with Gasteiger partial charge in [-0.1, -0.05) is 13.3 Å². The summed E-state index contributed by atoms with van der Waals surface area (Å²) in [5, 5.41) is 0. The molecule has 3 nitrogen and oxygen atoms in total. The molecule has 0 aromatic rings. The molecule has 0 atom stereocenters. The van der Waals surface area contributed by atoms with E-state index in [2.05, 4.69) is 20.6 Å². The number of hydrogen-bond donors (Lipinski definition) is 0. The fourth-order valence-electron chi connectivity index (χ4n) is 1.31. The molecule has 0 N–H and O–H groups in total. The summed E-state index contributed by atoms with van der Waals surface area (Å²) in [4.78, 5) is 0. The van der Waals surface area contributed by atoms with Crippen LogP contribution in [0, 0.1) is 0 Å². The Balaban J connectivity index is 0. The van der Waals surface area contributed by atoms with Crippen LogP contribution in [0.4, 0.5) is 0 Å². The summed E-state index contributed by atoms with van der Waals surface area (Å²) >= 11 is 4.50. The van der Waals surface area contributed by atoms with Crippen molar-refractivity contribution in [3.8, 4) is 0 Å². The molecule has 0 fully saturated rings. The van der Waals surface area contributed by atoms with Crippen LogP contribution in [0.5, 0.6) is 0 Å². The van der Waals surface area contributed by atoms with Gasteiger partial charge < -0.3 is 13.3 Å². The molecule has 0 rings (SSSR count). The van der Waals surface area contributed by atoms with Crippen LogP contribution in [0.1, 0.15) is 34.1 Å². The summed E-state index contributed by atoms with van der Waals surface area (Å²) in [6.45, 7) is 10.1. The molecule has 0 aliphatic rings. The Morgan fingerprint density at radius 1 is 0.867 bits per heavy atom. The van der Waals surface area contributed by atoms with Crippen molar-refractivity contribution in [3.05, 3.63) is 0 Å². The Hall–Kier alpha value is 1.14. The topological polar surface area (TPSA) is 27.7 Å². The van der Waals surface area contributed by atoms with Crippen molar-refractivity contribution in [3.63, 3.8) is 0 Å². The van der Waals surface area contributed by atoms with E-state index in [4.69, 9.17) is 13.3 Å². The predicted molar refractivity (Wildman–Crippen MR) is 70.0 cm³/mol. The molecule has 6 heteroatoms. The minimum absolute atomic E-state index is 0.673. The average molecular weight is 366 g/mol. The van der Waals surface area contributed by atoms with Crippen molar-refractivity contribution in [2.45, 2.75) is 40.2 Å². The van der Waals surface area contributed by atoms with Gasteiger partial charge in [-0.15, -0.1) is 0 Å². The van der Waals surface area contributed by atoms with Crippen molar-refractivity contribution in [1.29, 1.82) is 0 Å². The van der Waals surface area contributed by atoms with Gasteiger partial charge in [-0.05, 0) is 20.8 Å². The third-order valence-electron chi connectivity index (χ3n) is 1.65.